The second-order valence-electron chi connectivity index (χ2n) is 3.25. The summed E-state index contributed by atoms with van der Waals surface area (Å²) in [7, 11) is 0. The summed E-state index contributed by atoms with van der Waals surface area (Å²) >= 11 is 0. The van der Waals surface area contributed by atoms with Gasteiger partial charge in [0.2, 0.25) is 0 Å². The van der Waals surface area contributed by atoms with Gasteiger partial charge in [-0.25, -0.2) is 0 Å². The van der Waals surface area contributed by atoms with Gasteiger partial charge in [0.05, 0.1) is 0 Å². The highest BCUT2D eigenvalue weighted by Crippen LogP contribution is 2.43. The van der Waals surface area contributed by atoms with Gasteiger partial charge >= 0.3 is 0 Å². The average Bonchev–Trinajstić information content (AvgIpc) is 2.29. The van der Waals surface area contributed by atoms with Crippen molar-refractivity contribution in [2.75, 3.05) is 0 Å². The Balaban J connectivity index is 0.000000405. The minimum Gasteiger partial charge on any atom is -0.327 e. The molecule has 0 heterocycles. The summed E-state index contributed by atoms with van der Waals surface area (Å²) in [5.74, 6) is 1.83. The Morgan fingerprint density at radius 3 is 1.33 bits per heavy atom. The molecule has 0 aromatic carbocycles. The number of hydrogen-bond donors (Lipinski definition) is 1. The molecule has 0 spiro atoms. The molecule has 2 heteroatoms. The maximum absolute atomic E-state index is 5.88. The molecule has 0 unspecified atom stereocenters. The van der Waals surface area contributed by atoms with Crippen molar-refractivity contribution >= 4 is 12.4 Å². The Kier molecular flexibility index (Phi) is 2.02. The monoisotopic (exact) mass is 147 g/mol. The average molecular weight is 148 g/mol. The third-order valence-electron chi connectivity index (χ3n) is 2.91. The van der Waals surface area contributed by atoms with E-state index in [1.54, 1.807) is 0 Å². The van der Waals surface area contributed by atoms with Crippen molar-refractivity contribution in [2.24, 2.45) is 17.6 Å². The van der Waals surface area contributed by atoms with Gasteiger partial charge in [-0.05, 0) is 37.5 Å². The quantitative estimate of drug-likeness (QED) is 0.553. The van der Waals surface area contributed by atoms with Crippen molar-refractivity contribution in [3.05, 3.63) is 0 Å². The smallest absolute Gasteiger partial charge is 0.00956 e. The van der Waals surface area contributed by atoms with Gasteiger partial charge in [-0.1, -0.05) is 0 Å². The fourth-order valence-corrected chi connectivity index (χ4v) is 2.30. The van der Waals surface area contributed by atoms with Crippen LogP contribution in [-0.2, 0) is 0 Å². The Morgan fingerprint density at radius 1 is 0.889 bits per heavy atom. The lowest BCUT2D eigenvalue weighted by molar-refractivity contribution is 0.480. The topological polar surface area (TPSA) is 26.0 Å². The molecular weight excluding hydrogens is 134 g/mol. The molecule has 54 valence electrons. The van der Waals surface area contributed by atoms with E-state index in [9.17, 15) is 0 Å². The number of halogens is 1. The van der Waals surface area contributed by atoms with E-state index < -0.39 is 0 Å². The number of rotatable bonds is 0. The van der Waals surface area contributed by atoms with Crippen molar-refractivity contribution in [3.63, 3.8) is 0 Å². The molecule has 0 amide bonds. The fourth-order valence-electron chi connectivity index (χ4n) is 2.30. The molecule has 2 aliphatic carbocycles. The van der Waals surface area contributed by atoms with Gasteiger partial charge in [-0.2, -0.15) is 0 Å². The fraction of sp³-hybridized carbons (Fsp3) is 1.00. The minimum atomic E-state index is 0. The highest BCUT2D eigenvalue weighted by Gasteiger charge is 2.38. The van der Waals surface area contributed by atoms with Crippen LogP contribution in [0.5, 0.6) is 0 Å². The first kappa shape index (κ1) is 7.36. The molecule has 2 bridgehead atoms. The zero-order valence-electron chi connectivity index (χ0n) is 5.55. The van der Waals surface area contributed by atoms with E-state index in [-0.39, 0.29) is 12.4 Å². The van der Waals surface area contributed by atoms with Crippen LogP contribution in [0.25, 0.3) is 0 Å². The van der Waals surface area contributed by atoms with Gasteiger partial charge in [0.15, 0.2) is 0 Å². The Morgan fingerprint density at radius 2 is 1.22 bits per heavy atom. The molecule has 2 N–H and O–H groups in total. The lowest BCUT2D eigenvalue weighted by Crippen LogP contribution is -2.24. The number of hydrogen-bond acceptors (Lipinski definition) is 1. The lowest BCUT2D eigenvalue weighted by Gasteiger charge is -2.05. The molecule has 2 fully saturated rings. The van der Waals surface area contributed by atoms with Gasteiger partial charge < -0.3 is 5.73 Å². The largest absolute Gasteiger partial charge is 0.327 e. The molecule has 1 nitrogen and oxygen atoms in total. The first-order chi connectivity index (χ1) is 3.88. The molecule has 0 aromatic rings. The molecule has 0 aliphatic heterocycles. The predicted octanol–water partition coefficient (Wildman–Crippen LogP) is 1.56. The van der Waals surface area contributed by atoms with Gasteiger partial charge in [0.1, 0.15) is 0 Å². The molecule has 2 saturated carbocycles. The summed E-state index contributed by atoms with van der Waals surface area (Å²) < 4.78 is 0. The molecule has 0 radical (unpaired) electrons. The maximum atomic E-state index is 5.88. The Labute approximate surface area is 62.4 Å². The highest BCUT2D eigenvalue weighted by molar-refractivity contribution is 5.85. The molecule has 0 saturated heterocycles. The van der Waals surface area contributed by atoms with Crippen LogP contribution in [0.15, 0.2) is 0 Å². The van der Waals surface area contributed by atoms with Crippen molar-refractivity contribution in [2.45, 2.75) is 31.7 Å². The van der Waals surface area contributed by atoms with Gasteiger partial charge in [-0.3, -0.25) is 0 Å². The third kappa shape index (κ3) is 0.968. The lowest BCUT2D eigenvalue weighted by atomic mass is 10.0. The summed E-state index contributed by atoms with van der Waals surface area (Å²) in [6.07, 6.45) is 5.69. The first-order valence-corrected chi connectivity index (χ1v) is 3.63. The molecule has 0 atom stereocenters. The number of fused-ring (bicyclic) bond motifs is 2. The zero-order valence-corrected chi connectivity index (χ0v) is 6.36. The molecule has 9 heavy (non-hydrogen) atoms. The van der Waals surface area contributed by atoms with E-state index in [1.807, 2.05) is 0 Å². The standard InChI is InChI=1S/C7H13N.ClH/c8-7-5-1-2-6(7)4-3-5;/h5-7H,1-4,8H2;1H. The van der Waals surface area contributed by atoms with Crippen LogP contribution in [0.1, 0.15) is 25.7 Å². The van der Waals surface area contributed by atoms with E-state index in [2.05, 4.69) is 0 Å². The van der Waals surface area contributed by atoms with Gasteiger partial charge in [0, 0.05) is 6.04 Å². The summed E-state index contributed by atoms with van der Waals surface area (Å²) in [4.78, 5) is 0. The summed E-state index contributed by atoms with van der Waals surface area (Å²) in [5.41, 5.74) is 5.88. The van der Waals surface area contributed by atoms with Crippen LogP contribution < -0.4 is 5.73 Å². The second-order valence-corrected chi connectivity index (χ2v) is 3.25. The Bertz CT molecular complexity index is 85.1. The van der Waals surface area contributed by atoms with E-state index in [0.717, 1.165) is 11.8 Å². The first-order valence-electron chi connectivity index (χ1n) is 3.63. The molecule has 2 rings (SSSR count). The van der Waals surface area contributed by atoms with Crippen molar-refractivity contribution in [3.8, 4) is 0 Å². The zero-order chi connectivity index (χ0) is 5.56. The van der Waals surface area contributed by atoms with Crippen LogP contribution in [-0.4, -0.2) is 6.04 Å². The second kappa shape index (κ2) is 2.47. The van der Waals surface area contributed by atoms with Gasteiger partial charge in [0.25, 0.3) is 0 Å². The van der Waals surface area contributed by atoms with Crippen LogP contribution in [0.2, 0.25) is 0 Å². The molecule has 2 aliphatic rings. The normalized spacial score (nSPS) is 47.0. The van der Waals surface area contributed by atoms with Crippen molar-refractivity contribution < 1.29 is 0 Å². The summed E-state index contributed by atoms with van der Waals surface area (Å²) in [6.45, 7) is 0. The summed E-state index contributed by atoms with van der Waals surface area (Å²) in [6, 6.07) is 0.593. The number of nitrogens with two attached hydrogens (primary N) is 1. The van der Waals surface area contributed by atoms with Crippen molar-refractivity contribution in [1.29, 1.82) is 0 Å². The maximum Gasteiger partial charge on any atom is 0.00956 e. The van der Waals surface area contributed by atoms with E-state index in [0.29, 0.717) is 6.04 Å². The van der Waals surface area contributed by atoms with E-state index in [4.69, 9.17) is 5.73 Å². The van der Waals surface area contributed by atoms with E-state index >= 15 is 0 Å². The summed E-state index contributed by atoms with van der Waals surface area (Å²) in [5, 5.41) is 0. The Hall–Kier alpha value is 0.250. The predicted molar refractivity (Wildman–Crippen MR) is 40.7 cm³/mol. The minimum absolute atomic E-state index is 0. The third-order valence-corrected chi connectivity index (χ3v) is 2.91. The van der Waals surface area contributed by atoms with Crippen LogP contribution >= 0.6 is 12.4 Å². The molecule has 0 aromatic heterocycles. The van der Waals surface area contributed by atoms with Crippen LogP contribution in [0.4, 0.5) is 0 Å². The molecular formula is C7H14ClN. The van der Waals surface area contributed by atoms with Gasteiger partial charge in [-0.15, -0.1) is 12.4 Å². The highest BCUT2D eigenvalue weighted by atomic mass is 35.5. The van der Waals surface area contributed by atoms with Crippen LogP contribution in [0.3, 0.4) is 0 Å². The van der Waals surface area contributed by atoms with Crippen molar-refractivity contribution in [1.82, 2.24) is 0 Å². The SMILES string of the molecule is Cl.NC1C2CCC1CC2. The van der Waals surface area contributed by atoms with E-state index in [1.165, 1.54) is 25.7 Å². The van der Waals surface area contributed by atoms with Crippen LogP contribution in [0, 0.1) is 11.8 Å².